The summed E-state index contributed by atoms with van der Waals surface area (Å²) in [5.74, 6) is -0.246. The average molecular weight is 344 g/mol. The van der Waals surface area contributed by atoms with E-state index < -0.39 is 5.91 Å². The summed E-state index contributed by atoms with van der Waals surface area (Å²) < 4.78 is 0. The SMILES string of the molecule is CCCCC[C@@H](C)NC(=O)Cn1nnc(-c2ccc(C(N)=O)cc2)n1. The Morgan fingerprint density at radius 2 is 1.96 bits per heavy atom. The van der Waals surface area contributed by atoms with Gasteiger partial charge in [0.05, 0.1) is 0 Å². The van der Waals surface area contributed by atoms with Crippen LogP contribution in [0.3, 0.4) is 0 Å². The van der Waals surface area contributed by atoms with E-state index in [1.807, 2.05) is 6.92 Å². The highest BCUT2D eigenvalue weighted by molar-refractivity contribution is 5.93. The number of aromatic nitrogens is 4. The third kappa shape index (κ3) is 5.66. The van der Waals surface area contributed by atoms with Crippen molar-refractivity contribution < 1.29 is 9.59 Å². The van der Waals surface area contributed by atoms with Gasteiger partial charge < -0.3 is 11.1 Å². The zero-order valence-electron chi connectivity index (χ0n) is 14.6. The van der Waals surface area contributed by atoms with Crippen molar-refractivity contribution in [3.63, 3.8) is 0 Å². The van der Waals surface area contributed by atoms with Crippen molar-refractivity contribution in [1.29, 1.82) is 0 Å². The van der Waals surface area contributed by atoms with E-state index in [1.54, 1.807) is 24.3 Å². The van der Waals surface area contributed by atoms with E-state index >= 15 is 0 Å². The van der Waals surface area contributed by atoms with Gasteiger partial charge >= 0.3 is 0 Å². The number of nitrogens with one attached hydrogen (secondary N) is 1. The minimum atomic E-state index is -0.493. The average Bonchev–Trinajstić information content (AvgIpc) is 3.03. The van der Waals surface area contributed by atoms with Crippen LogP contribution in [0, 0.1) is 0 Å². The fourth-order valence-electron chi connectivity index (χ4n) is 2.43. The van der Waals surface area contributed by atoms with Gasteiger partial charge in [0.2, 0.25) is 17.6 Å². The number of primary amides is 1. The summed E-state index contributed by atoms with van der Waals surface area (Å²) >= 11 is 0. The molecule has 0 aliphatic carbocycles. The number of benzene rings is 1. The number of hydrogen-bond donors (Lipinski definition) is 2. The summed E-state index contributed by atoms with van der Waals surface area (Å²) in [5.41, 5.74) is 6.32. The molecule has 1 atom stereocenters. The molecule has 3 N–H and O–H groups in total. The monoisotopic (exact) mass is 344 g/mol. The Kier molecular flexibility index (Phi) is 6.62. The topological polar surface area (TPSA) is 116 Å². The molecule has 0 saturated heterocycles. The first-order valence-electron chi connectivity index (χ1n) is 8.47. The summed E-state index contributed by atoms with van der Waals surface area (Å²) in [6, 6.07) is 6.71. The number of rotatable bonds is 9. The van der Waals surface area contributed by atoms with Gasteiger partial charge in [0.1, 0.15) is 6.54 Å². The first-order valence-corrected chi connectivity index (χ1v) is 8.47. The van der Waals surface area contributed by atoms with Crippen molar-refractivity contribution in [3.05, 3.63) is 29.8 Å². The summed E-state index contributed by atoms with van der Waals surface area (Å²) in [6.07, 6.45) is 4.39. The van der Waals surface area contributed by atoms with Gasteiger partial charge in [-0.05, 0) is 30.7 Å². The fraction of sp³-hybridized carbons (Fsp3) is 0.471. The van der Waals surface area contributed by atoms with Gasteiger partial charge in [-0.15, -0.1) is 10.2 Å². The first-order chi connectivity index (χ1) is 12.0. The second kappa shape index (κ2) is 8.91. The summed E-state index contributed by atoms with van der Waals surface area (Å²) in [5, 5.41) is 15.0. The number of carbonyl (C=O) groups excluding carboxylic acids is 2. The van der Waals surface area contributed by atoms with Crippen LogP contribution < -0.4 is 11.1 Å². The van der Waals surface area contributed by atoms with Crippen LogP contribution >= 0.6 is 0 Å². The molecular formula is C17H24N6O2. The van der Waals surface area contributed by atoms with Crippen molar-refractivity contribution in [1.82, 2.24) is 25.5 Å². The lowest BCUT2D eigenvalue weighted by Gasteiger charge is -2.12. The van der Waals surface area contributed by atoms with E-state index in [-0.39, 0.29) is 18.5 Å². The molecule has 8 heteroatoms. The van der Waals surface area contributed by atoms with Crippen LogP contribution in [0.2, 0.25) is 0 Å². The molecule has 0 radical (unpaired) electrons. The molecule has 2 amide bonds. The summed E-state index contributed by atoms with van der Waals surface area (Å²) in [4.78, 5) is 24.4. The molecule has 0 unspecified atom stereocenters. The van der Waals surface area contributed by atoms with E-state index in [4.69, 9.17) is 5.73 Å². The van der Waals surface area contributed by atoms with E-state index in [2.05, 4.69) is 27.7 Å². The highest BCUT2D eigenvalue weighted by Gasteiger charge is 2.12. The highest BCUT2D eigenvalue weighted by atomic mass is 16.2. The number of nitrogens with two attached hydrogens (primary N) is 1. The number of unbranched alkanes of at least 4 members (excludes halogenated alkanes) is 2. The number of hydrogen-bond acceptors (Lipinski definition) is 5. The van der Waals surface area contributed by atoms with Gasteiger partial charge in [-0.3, -0.25) is 9.59 Å². The Morgan fingerprint density at radius 1 is 1.24 bits per heavy atom. The Bertz CT molecular complexity index is 710. The molecule has 25 heavy (non-hydrogen) atoms. The molecule has 1 aromatic carbocycles. The third-order valence-corrected chi connectivity index (χ3v) is 3.81. The molecule has 8 nitrogen and oxygen atoms in total. The normalized spacial score (nSPS) is 11.9. The molecule has 1 heterocycles. The maximum Gasteiger partial charge on any atom is 0.248 e. The Hall–Kier alpha value is -2.77. The molecule has 0 saturated carbocycles. The summed E-state index contributed by atoms with van der Waals surface area (Å²) in [6.45, 7) is 4.16. The smallest absolute Gasteiger partial charge is 0.248 e. The van der Waals surface area contributed by atoms with Crippen molar-refractivity contribution >= 4 is 11.8 Å². The van der Waals surface area contributed by atoms with Crippen LogP contribution in [-0.4, -0.2) is 38.1 Å². The molecule has 0 fully saturated rings. The largest absolute Gasteiger partial charge is 0.366 e. The predicted octanol–water partition coefficient (Wildman–Crippen LogP) is 1.52. The van der Waals surface area contributed by atoms with E-state index in [0.717, 1.165) is 19.3 Å². The standard InChI is InChI=1S/C17H24N6O2/c1-3-4-5-6-12(2)19-15(24)11-23-21-17(20-22-23)14-9-7-13(8-10-14)16(18)25/h7-10,12H,3-6,11H2,1-2H3,(H2,18,25)(H,19,24)/t12-/m1/s1. The van der Waals surface area contributed by atoms with Crippen molar-refractivity contribution in [3.8, 4) is 11.4 Å². The third-order valence-electron chi connectivity index (χ3n) is 3.81. The molecule has 0 aliphatic heterocycles. The molecule has 0 spiro atoms. The van der Waals surface area contributed by atoms with E-state index in [1.165, 1.54) is 11.2 Å². The van der Waals surface area contributed by atoms with Crippen molar-refractivity contribution in [2.24, 2.45) is 5.73 Å². The van der Waals surface area contributed by atoms with Crippen molar-refractivity contribution in [2.45, 2.75) is 52.1 Å². The van der Waals surface area contributed by atoms with Crippen LogP contribution in [0.1, 0.15) is 49.9 Å². The van der Waals surface area contributed by atoms with Gasteiger partial charge in [0, 0.05) is 17.2 Å². The minimum Gasteiger partial charge on any atom is -0.366 e. The molecule has 2 aromatic rings. The van der Waals surface area contributed by atoms with Gasteiger partial charge in [0.25, 0.3) is 0 Å². The van der Waals surface area contributed by atoms with Gasteiger partial charge in [-0.2, -0.15) is 4.80 Å². The fourth-order valence-corrected chi connectivity index (χ4v) is 2.43. The summed E-state index contributed by atoms with van der Waals surface area (Å²) in [7, 11) is 0. The lowest BCUT2D eigenvalue weighted by Crippen LogP contribution is -2.35. The zero-order chi connectivity index (χ0) is 18.2. The first kappa shape index (κ1) is 18.6. The molecule has 2 rings (SSSR count). The zero-order valence-corrected chi connectivity index (χ0v) is 14.6. The highest BCUT2D eigenvalue weighted by Crippen LogP contribution is 2.14. The Morgan fingerprint density at radius 3 is 2.60 bits per heavy atom. The van der Waals surface area contributed by atoms with E-state index in [0.29, 0.717) is 17.0 Å². The maximum absolute atomic E-state index is 12.0. The van der Waals surface area contributed by atoms with Crippen LogP contribution in [0.4, 0.5) is 0 Å². The number of carbonyl (C=O) groups is 2. The lowest BCUT2D eigenvalue weighted by atomic mass is 10.1. The van der Waals surface area contributed by atoms with Gasteiger partial charge in [0.15, 0.2) is 0 Å². The van der Waals surface area contributed by atoms with Gasteiger partial charge in [-0.25, -0.2) is 0 Å². The number of nitrogens with zero attached hydrogens (tertiary/aromatic N) is 4. The second-order valence-corrected chi connectivity index (χ2v) is 6.05. The maximum atomic E-state index is 12.0. The Labute approximate surface area is 146 Å². The molecule has 1 aromatic heterocycles. The molecule has 0 bridgehead atoms. The molecular weight excluding hydrogens is 320 g/mol. The predicted molar refractivity (Wildman–Crippen MR) is 93.5 cm³/mol. The van der Waals surface area contributed by atoms with Crippen LogP contribution in [-0.2, 0) is 11.3 Å². The number of tetrazole rings is 1. The van der Waals surface area contributed by atoms with Crippen LogP contribution in [0.5, 0.6) is 0 Å². The second-order valence-electron chi connectivity index (χ2n) is 6.05. The number of amides is 2. The quantitative estimate of drug-likeness (QED) is 0.669. The van der Waals surface area contributed by atoms with Crippen LogP contribution in [0.25, 0.3) is 11.4 Å². The molecule has 0 aliphatic rings. The van der Waals surface area contributed by atoms with Gasteiger partial charge in [-0.1, -0.05) is 38.3 Å². The van der Waals surface area contributed by atoms with E-state index in [9.17, 15) is 9.59 Å². The minimum absolute atomic E-state index is 0.0183. The Balaban J connectivity index is 1.90. The van der Waals surface area contributed by atoms with Crippen molar-refractivity contribution in [2.75, 3.05) is 0 Å². The molecule has 134 valence electrons. The lowest BCUT2D eigenvalue weighted by molar-refractivity contribution is -0.122. The van der Waals surface area contributed by atoms with Crippen LogP contribution in [0.15, 0.2) is 24.3 Å².